The Labute approximate surface area is 88.8 Å². The predicted molar refractivity (Wildman–Crippen MR) is 63.3 cm³/mol. The highest BCUT2D eigenvalue weighted by Gasteiger charge is 1.92. The third-order valence-electron chi connectivity index (χ3n) is 1.68. The van der Waals surface area contributed by atoms with Crippen LogP contribution in [0.25, 0.3) is 0 Å². The molecule has 14 heavy (non-hydrogen) atoms. The lowest BCUT2D eigenvalue weighted by atomic mass is 10.2. The highest BCUT2D eigenvalue weighted by atomic mass is 16.1. The molecule has 2 heteroatoms. The number of rotatable bonds is 8. The minimum absolute atomic E-state index is 0.682. The van der Waals surface area contributed by atoms with E-state index in [1.54, 1.807) is 0 Å². The van der Waals surface area contributed by atoms with Gasteiger partial charge >= 0.3 is 0 Å². The van der Waals surface area contributed by atoms with E-state index < -0.39 is 0 Å². The molecule has 0 saturated heterocycles. The van der Waals surface area contributed by atoms with Crippen molar-refractivity contribution in [2.24, 2.45) is 0 Å². The lowest BCUT2D eigenvalue weighted by Crippen LogP contribution is -2.12. The van der Waals surface area contributed by atoms with Crippen LogP contribution in [0, 0.1) is 0 Å². The number of nitrogens with one attached hydrogen (secondary N) is 1. The molecular weight excluding hydrogens is 174 g/mol. The zero-order valence-corrected chi connectivity index (χ0v) is 9.94. The summed E-state index contributed by atoms with van der Waals surface area (Å²) in [6.45, 7) is 11.0. The van der Waals surface area contributed by atoms with Gasteiger partial charge < -0.3 is 10.1 Å². The number of hydrogen-bond donors (Lipinski definition) is 1. The van der Waals surface area contributed by atoms with Gasteiger partial charge in [-0.2, -0.15) is 0 Å². The summed E-state index contributed by atoms with van der Waals surface area (Å²) in [5.41, 5.74) is 1.10. The fourth-order valence-electron chi connectivity index (χ4n) is 0.956. The van der Waals surface area contributed by atoms with Crippen LogP contribution < -0.4 is 5.32 Å². The first kappa shape index (κ1) is 15.7. The molecule has 0 rings (SSSR count). The Morgan fingerprint density at radius 1 is 1.36 bits per heavy atom. The van der Waals surface area contributed by atoms with E-state index in [-0.39, 0.29) is 0 Å². The first-order valence-corrected chi connectivity index (χ1v) is 5.66. The zero-order chi connectivity index (χ0) is 11.2. The second kappa shape index (κ2) is 14.7. The topological polar surface area (TPSA) is 29.1 Å². The third kappa shape index (κ3) is 13.8. The molecule has 0 fully saturated rings. The van der Waals surface area contributed by atoms with Crippen LogP contribution in [0.4, 0.5) is 0 Å². The minimum atomic E-state index is 0.682. The third-order valence-corrected chi connectivity index (χ3v) is 1.68. The van der Waals surface area contributed by atoms with Gasteiger partial charge in [-0.3, -0.25) is 0 Å². The first-order valence-electron chi connectivity index (χ1n) is 5.66. The Kier molecular flexibility index (Phi) is 16.5. The monoisotopic (exact) mass is 199 g/mol. The molecule has 0 bridgehead atoms. The smallest absolute Gasteiger partial charge is 0.119 e. The Morgan fingerprint density at radius 2 is 2.00 bits per heavy atom. The summed E-state index contributed by atoms with van der Waals surface area (Å²) in [6.07, 6.45) is 5.83. The van der Waals surface area contributed by atoms with E-state index in [1.165, 1.54) is 0 Å². The molecular formula is C12H25NO. The fraction of sp³-hybridized carbons (Fsp3) is 0.750. The van der Waals surface area contributed by atoms with Crippen molar-refractivity contribution in [2.45, 2.75) is 52.9 Å². The summed E-state index contributed by atoms with van der Waals surface area (Å²) in [5.74, 6) is 0. The predicted octanol–water partition coefficient (Wildman–Crippen LogP) is 3.29. The van der Waals surface area contributed by atoms with E-state index in [0.717, 1.165) is 44.2 Å². The van der Waals surface area contributed by atoms with Gasteiger partial charge in [-0.05, 0) is 25.7 Å². The largest absolute Gasteiger partial charge is 0.389 e. The van der Waals surface area contributed by atoms with E-state index in [9.17, 15) is 4.79 Å². The van der Waals surface area contributed by atoms with Crippen molar-refractivity contribution < 1.29 is 4.79 Å². The molecule has 0 atom stereocenters. The first-order chi connectivity index (χ1) is 6.81. The summed E-state index contributed by atoms with van der Waals surface area (Å²) >= 11 is 0. The van der Waals surface area contributed by atoms with Crippen molar-refractivity contribution >= 4 is 6.29 Å². The van der Waals surface area contributed by atoms with Crippen LogP contribution in [-0.2, 0) is 4.79 Å². The molecule has 0 aromatic rings. The molecule has 0 spiro atoms. The van der Waals surface area contributed by atoms with Crippen molar-refractivity contribution in [3.8, 4) is 0 Å². The van der Waals surface area contributed by atoms with Crippen molar-refractivity contribution in [3.63, 3.8) is 0 Å². The van der Waals surface area contributed by atoms with Crippen molar-refractivity contribution in [1.82, 2.24) is 5.32 Å². The average molecular weight is 199 g/mol. The average Bonchev–Trinajstić information content (AvgIpc) is 2.24. The van der Waals surface area contributed by atoms with E-state index >= 15 is 0 Å². The molecule has 0 aromatic carbocycles. The summed E-state index contributed by atoms with van der Waals surface area (Å²) in [4.78, 5) is 9.98. The molecule has 0 heterocycles. The number of hydrogen-bond acceptors (Lipinski definition) is 2. The number of aldehydes is 1. The van der Waals surface area contributed by atoms with Crippen LogP contribution in [0.1, 0.15) is 52.9 Å². The van der Waals surface area contributed by atoms with Crippen LogP contribution in [-0.4, -0.2) is 12.8 Å². The van der Waals surface area contributed by atoms with Gasteiger partial charge in [0.25, 0.3) is 0 Å². The molecule has 0 aliphatic rings. The van der Waals surface area contributed by atoms with Crippen molar-refractivity contribution in [3.05, 3.63) is 12.3 Å². The van der Waals surface area contributed by atoms with Gasteiger partial charge in [-0.1, -0.05) is 27.4 Å². The van der Waals surface area contributed by atoms with E-state index in [1.807, 2.05) is 13.8 Å². The maximum atomic E-state index is 9.98. The Balaban J connectivity index is 0. The number of carbonyl (C=O) groups excluding carboxylic acids is 1. The van der Waals surface area contributed by atoms with Gasteiger partial charge in [0, 0.05) is 18.7 Å². The Morgan fingerprint density at radius 3 is 2.50 bits per heavy atom. The van der Waals surface area contributed by atoms with Gasteiger partial charge in [-0.15, -0.1) is 0 Å². The highest BCUT2D eigenvalue weighted by molar-refractivity contribution is 5.48. The van der Waals surface area contributed by atoms with Crippen LogP contribution in [0.15, 0.2) is 12.3 Å². The second-order valence-corrected chi connectivity index (χ2v) is 2.94. The lowest BCUT2D eigenvalue weighted by molar-refractivity contribution is -0.107. The lowest BCUT2D eigenvalue weighted by Gasteiger charge is -2.06. The van der Waals surface area contributed by atoms with Crippen LogP contribution in [0.3, 0.4) is 0 Å². The molecule has 84 valence electrons. The highest BCUT2D eigenvalue weighted by Crippen LogP contribution is 2.03. The zero-order valence-electron chi connectivity index (χ0n) is 9.94. The van der Waals surface area contributed by atoms with Crippen LogP contribution in [0.5, 0.6) is 0 Å². The van der Waals surface area contributed by atoms with Crippen molar-refractivity contribution in [2.75, 3.05) is 6.54 Å². The summed E-state index contributed by atoms with van der Waals surface area (Å²) in [7, 11) is 0. The van der Waals surface area contributed by atoms with Gasteiger partial charge in [0.1, 0.15) is 6.29 Å². The summed E-state index contributed by atoms with van der Waals surface area (Å²) in [6, 6.07) is 0. The van der Waals surface area contributed by atoms with Gasteiger partial charge in [0.2, 0.25) is 0 Å². The maximum Gasteiger partial charge on any atom is 0.119 e. The molecule has 0 aliphatic heterocycles. The van der Waals surface area contributed by atoms with Gasteiger partial charge in [-0.25, -0.2) is 0 Å². The van der Waals surface area contributed by atoms with E-state index in [4.69, 9.17) is 0 Å². The van der Waals surface area contributed by atoms with E-state index in [0.29, 0.717) is 6.42 Å². The second-order valence-electron chi connectivity index (χ2n) is 2.94. The Bertz CT molecular complexity index is 132. The number of carbonyl (C=O) groups is 1. The number of allylic oxidation sites excluding steroid dienone is 1. The molecule has 0 aliphatic carbocycles. The molecule has 0 unspecified atom stereocenters. The molecule has 0 radical (unpaired) electrons. The normalized spacial score (nSPS) is 8.50. The molecule has 2 nitrogen and oxygen atoms in total. The summed E-state index contributed by atoms with van der Waals surface area (Å²) < 4.78 is 0. The summed E-state index contributed by atoms with van der Waals surface area (Å²) in [5, 5.41) is 3.23. The van der Waals surface area contributed by atoms with Gasteiger partial charge in [0.15, 0.2) is 0 Å². The molecule has 0 saturated carbocycles. The quantitative estimate of drug-likeness (QED) is 0.480. The fourth-order valence-corrected chi connectivity index (χ4v) is 0.956. The maximum absolute atomic E-state index is 9.98. The number of unbranched alkanes of at least 4 members (excludes halogenated alkanes) is 2. The standard InChI is InChI=1S/C10H19NO.C2H6/c1-3-8-11-10(2)7-5-4-6-9-12;1-2/h9,11H,2-8H2,1H3;1-2H3. The van der Waals surface area contributed by atoms with Gasteiger partial charge in [0.05, 0.1) is 0 Å². The van der Waals surface area contributed by atoms with E-state index in [2.05, 4.69) is 18.8 Å². The Hall–Kier alpha value is -0.790. The van der Waals surface area contributed by atoms with Crippen LogP contribution >= 0.6 is 0 Å². The molecule has 1 N–H and O–H groups in total. The van der Waals surface area contributed by atoms with Crippen molar-refractivity contribution in [1.29, 1.82) is 0 Å². The molecule has 0 aromatic heterocycles. The minimum Gasteiger partial charge on any atom is -0.389 e. The SMILES string of the molecule is C=C(CCCCC=O)NCCC.CC. The molecule has 0 amide bonds. The van der Waals surface area contributed by atoms with Crippen LogP contribution in [0.2, 0.25) is 0 Å².